The molecule has 4 heavy (non-hydrogen) atoms. The van der Waals surface area contributed by atoms with E-state index in [1.807, 2.05) is 0 Å². The third-order valence-electron chi connectivity index (χ3n) is 0. The van der Waals surface area contributed by atoms with Crippen LogP contribution in [-0.4, -0.2) is 16.4 Å². The monoisotopic (exact) mass is 236 g/mol. The van der Waals surface area contributed by atoms with Crippen molar-refractivity contribution < 1.29 is 37.5 Å². The fourth-order valence-corrected chi connectivity index (χ4v) is 0. The van der Waals surface area contributed by atoms with Crippen molar-refractivity contribution in [3.05, 3.63) is 0 Å². The SMILES string of the molecule is O.[OH-].[OH-].[W]. The van der Waals surface area contributed by atoms with E-state index >= 15 is 0 Å². The van der Waals surface area contributed by atoms with Gasteiger partial charge in [0.15, 0.2) is 0 Å². The van der Waals surface area contributed by atoms with Gasteiger partial charge in [0, 0.05) is 21.1 Å². The quantitative estimate of drug-likeness (QED) is 0.529. The molecule has 0 aromatic rings. The standard InChI is InChI=1S/3H2O.W/h3*1H2;/p-2. The van der Waals surface area contributed by atoms with Crippen molar-refractivity contribution in [1.29, 1.82) is 0 Å². The summed E-state index contributed by atoms with van der Waals surface area (Å²) in [5.74, 6) is 0. The van der Waals surface area contributed by atoms with E-state index in [-0.39, 0.29) is 37.5 Å². The van der Waals surface area contributed by atoms with Gasteiger partial charge in [0.05, 0.1) is 0 Å². The fourth-order valence-electron chi connectivity index (χ4n) is 0. The van der Waals surface area contributed by atoms with Gasteiger partial charge < -0.3 is 16.4 Å². The summed E-state index contributed by atoms with van der Waals surface area (Å²) >= 11 is 0. The van der Waals surface area contributed by atoms with E-state index in [1.54, 1.807) is 0 Å². The van der Waals surface area contributed by atoms with Crippen molar-refractivity contribution in [2.45, 2.75) is 0 Å². The van der Waals surface area contributed by atoms with Crippen molar-refractivity contribution in [3.63, 3.8) is 0 Å². The Hall–Kier alpha value is 0.568. The van der Waals surface area contributed by atoms with E-state index in [0.717, 1.165) is 0 Å². The van der Waals surface area contributed by atoms with Gasteiger partial charge in [-0.2, -0.15) is 0 Å². The van der Waals surface area contributed by atoms with Gasteiger partial charge in [-0.3, -0.25) is 0 Å². The van der Waals surface area contributed by atoms with E-state index in [2.05, 4.69) is 0 Å². The molecule has 0 spiro atoms. The van der Waals surface area contributed by atoms with Crippen LogP contribution in [0, 0.1) is 0 Å². The topological polar surface area (TPSA) is 91.5 Å². The molecule has 0 aromatic heterocycles. The van der Waals surface area contributed by atoms with Gasteiger partial charge in [0.25, 0.3) is 0 Å². The third-order valence-corrected chi connectivity index (χ3v) is 0. The average Bonchev–Trinajstić information content (AvgIpc) is 0. The smallest absolute Gasteiger partial charge is 0 e. The Bertz CT molecular complexity index is 3.25. The van der Waals surface area contributed by atoms with Crippen molar-refractivity contribution in [2.24, 2.45) is 0 Å². The molecule has 0 heterocycles. The first-order chi connectivity index (χ1) is 0. The molecule has 0 unspecified atom stereocenters. The summed E-state index contributed by atoms with van der Waals surface area (Å²) in [6.45, 7) is 0. The Morgan fingerprint density at radius 2 is 0.750 bits per heavy atom. The molecule has 3 nitrogen and oxygen atoms in total. The third kappa shape index (κ3) is 19.6. The van der Waals surface area contributed by atoms with E-state index < -0.39 is 0 Å². The van der Waals surface area contributed by atoms with Crippen LogP contribution in [0.15, 0.2) is 0 Å². The van der Waals surface area contributed by atoms with Crippen LogP contribution in [-0.2, 0) is 21.1 Å². The summed E-state index contributed by atoms with van der Waals surface area (Å²) < 4.78 is 0. The maximum Gasteiger partial charge on any atom is 0 e. The molecule has 0 atom stereocenters. The van der Waals surface area contributed by atoms with Crippen LogP contribution in [0.25, 0.3) is 0 Å². The molecule has 0 saturated heterocycles. The molecule has 0 rings (SSSR count). The van der Waals surface area contributed by atoms with Gasteiger partial charge in [-0.1, -0.05) is 0 Å². The molecule has 0 radical (unpaired) electrons. The molecule has 0 bridgehead atoms. The summed E-state index contributed by atoms with van der Waals surface area (Å²) in [7, 11) is 0. The Morgan fingerprint density at radius 1 is 0.750 bits per heavy atom. The fraction of sp³-hybridized carbons (Fsp3) is 0. The maximum atomic E-state index is 0. The predicted octanol–water partition coefficient (Wildman–Crippen LogP) is -1.18. The van der Waals surface area contributed by atoms with Gasteiger partial charge in [-0.25, -0.2) is 0 Å². The van der Waals surface area contributed by atoms with Gasteiger partial charge in [-0.15, -0.1) is 0 Å². The molecule has 0 aliphatic carbocycles. The van der Waals surface area contributed by atoms with Crippen molar-refractivity contribution >= 4 is 0 Å². The van der Waals surface area contributed by atoms with Gasteiger partial charge in [0.1, 0.15) is 0 Å². The summed E-state index contributed by atoms with van der Waals surface area (Å²) in [6, 6.07) is 0. The van der Waals surface area contributed by atoms with Crippen LogP contribution in [0.5, 0.6) is 0 Å². The summed E-state index contributed by atoms with van der Waals surface area (Å²) in [5.41, 5.74) is 0. The van der Waals surface area contributed by atoms with Gasteiger partial charge in [-0.05, 0) is 0 Å². The summed E-state index contributed by atoms with van der Waals surface area (Å²) in [6.07, 6.45) is 0. The molecule has 0 aliphatic heterocycles. The van der Waals surface area contributed by atoms with Crippen LogP contribution < -0.4 is 0 Å². The number of hydrogen-bond acceptors (Lipinski definition) is 2. The van der Waals surface area contributed by atoms with E-state index in [9.17, 15) is 0 Å². The normalized spacial score (nSPS) is 0. The second kappa shape index (κ2) is 72.9. The molecular formula is H4O3W-2. The molecular weight excluding hydrogens is 232 g/mol. The zero-order valence-corrected chi connectivity index (χ0v) is 4.74. The molecule has 4 N–H and O–H groups in total. The first-order valence-corrected chi connectivity index (χ1v) is 0. The van der Waals surface area contributed by atoms with E-state index in [4.69, 9.17) is 0 Å². The van der Waals surface area contributed by atoms with E-state index in [0.29, 0.717) is 0 Å². The van der Waals surface area contributed by atoms with Crippen LogP contribution in [0.4, 0.5) is 0 Å². The minimum atomic E-state index is 0. The minimum absolute atomic E-state index is 0. The van der Waals surface area contributed by atoms with Crippen LogP contribution in [0.2, 0.25) is 0 Å². The second-order valence-corrected chi connectivity index (χ2v) is 0. The Kier molecular flexibility index (Phi) is 3280. The van der Waals surface area contributed by atoms with Crippen molar-refractivity contribution in [3.8, 4) is 0 Å². The van der Waals surface area contributed by atoms with Crippen LogP contribution in [0.1, 0.15) is 0 Å². The Balaban J connectivity index is 0. The molecule has 30 valence electrons. The molecule has 0 aliphatic rings. The largest absolute Gasteiger partial charge is 0.870 e. The Morgan fingerprint density at radius 3 is 0.750 bits per heavy atom. The average molecular weight is 236 g/mol. The second-order valence-electron chi connectivity index (χ2n) is 0. The zero-order chi connectivity index (χ0) is 0. The van der Waals surface area contributed by atoms with Crippen molar-refractivity contribution in [2.75, 3.05) is 0 Å². The zero-order valence-electron chi connectivity index (χ0n) is 1.80. The Labute approximate surface area is 38.2 Å². The summed E-state index contributed by atoms with van der Waals surface area (Å²) in [5, 5.41) is 0. The maximum absolute atomic E-state index is 0. The predicted molar refractivity (Wildman–Crippen MR) is 7.49 cm³/mol. The first kappa shape index (κ1) is 180. The first-order valence-electron chi connectivity index (χ1n) is 0. The molecule has 4 heteroatoms. The summed E-state index contributed by atoms with van der Waals surface area (Å²) in [4.78, 5) is 0. The molecule has 0 fully saturated rings. The van der Waals surface area contributed by atoms with Gasteiger partial charge >= 0.3 is 0 Å². The van der Waals surface area contributed by atoms with Gasteiger partial charge in [0.2, 0.25) is 0 Å². The number of hydrogen-bond donors (Lipinski definition) is 0. The van der Waals surface area contributed by atoms with Crippen LogP contribution in [0.3, 0.4) is 0 Å². The van der Waals surface area contributed by atoms with E-state index in [1.165, 1.54) is 0 Å². The molecule has 0 amide bonds. The van der Waals surface area contributed by atoms with Crippen LogP contribution >= 0.6 is 0 Å². The van der Waals surface area contributed by atoms with Crippen molar-refractivity contribution in [1.82, 2.24) is 0 Å². The number of rotatable bonds is 0. The molecule has 0 saturated carbocycles. The minimum Gasteiger partial charge on any atom is -0.870 e. The molecule has 0 aromatic carbocycles.